The molecule has 0 aliphatic heterocycles. The molecule has 0 aliphatic carbocycles. The quantitative estimate of drug-likeness (QED) is 0.841. The summed E-state index contributed by atoms with van der Waals surface area (Å²) in [7, 11) is -1.73. The van der Waals surface area contributed by atoms with Crippen molar-refractivity contribution in [3.63, 3.8) is 0 Å². The van der Waals surface area contributed by atoms with Crippen molar-refractivity contribution in [3.8, 4) is 0 Å². The number of hydrogen-bond acceptors (Lipinski definition) is 3. The molecule has 0 heterocycles. The predicted molar refractivity (Wildman–Crippen MR) is 66.6 cm³/mol. The van der Waals surface area contributed by atoms with Crippen molar-refractivity contribution >= 4 is 21.4 Å². The molecule has 0 aliphatic rings. The zero-order valence-electron chi connectivity index (χ0n) is 9.70. The third-order valence-electron chi connectivity index (χ3n) is 2.57. The molecule has 1 N–H and O–H groups in total. The third kappa shape index (κ3) is 3.66. The maximum Gasteiger partial charge on any atom is 0.179 e. The fourth-order valence-corrected chi connectivity index (χ4v) is 3.38. The van der Waals surface area contributed by atoms with Gasteiger partial charge in [0.05, 0.1) is 15.7 Å². The molecule has 1 aromatic rings. The second-order valence-electron chi connectivity index (χ2n) is 3.75. The molecule has 3 nitrogen and oxygen atoms in total. The monoisotopic (exact) mass is 279 g/mol. The Hall–Kier alpha value is -0.650. The molecule has 1 rings (SSSR count). The van der Waals surface area contributed by atoms with E-state index in [-0.39, 0.29) is 21.7 Å². The molecule has 0 saturated heterocycles. The van der Waals surface area contributed by atoms with E-state index in [9.17, 15) is 12.8 Å². The van der Waals surface area contributed by atoms with E-state index in [2.05, 4.69) is 5.32 Å². The van der Waals surface area contributed by atoms with Gasteiger partial charge in [-0.15, -0.1) is 0 Å². The Labute approximate surface area is 106 Å². The minimum absolute atomic E-state index is 0.0258. The van der Waals surface area contributed by atoms with Crippen LogP contribution < -0.4 is 5.32 Å². The van der Waals surface area contributed by atoms with Crippen LogP contribution in [0.25, 0.3) is 0 Å². The standard InChI is InChI=1S/C11H15ClFNO2S/c1-3-8(14-2)7-17(15,16)9-4-5-11(13)10(12)6-9/h4-6,8,14H,3,7H2,1-2H3. The normalized spacial score (nSPS) is 13.6. The smallest absolute Gasteiger partial charge is 0.179 e. The van der Waals surface area contributed by atoms with Gasteiger partial charge in [-0.3, -0.25) is 0 Å². The number of nitrogens with one attached hydrogen (secondary N) is 1. The van der Waals surface area contributed by atoms with Gasteiger partial charge in [-0.25, -0.2) is 12.8 Å². The van der Waals surface area contributed by atoms with Crippen LogP contribution in [0.2, 0.25) is 5.02 Å². The molecule has 0 fully saturated rings. The number of rotatable bonds is 5. The fourth-order valence-electron chi connectivity index (χ4n) is 1.44. The average molecular weight is 280 g/mol. The highest BCUT2D eigenvalue weighted by Crippen LogP contribution is 2.20. The summed E-state index contributed by atoms with van der Waals surface area (Å²) >= 11 is 5.57. The van der Waals surface area contributed by atoms with E-state index in [4.69, 9.17) is 11.6 Å². The first-order chi connectivity index (χ1) is 7.90. The van der Waals surface area contributed by atoms with Crippen LogP contribution in [0.15, 0.2) is 23.1 Å². The highest BCUT2D eigenvalue weighted by molar-refractivity contribution is 7.91. The minimum atomic E-state index is -3.44. The summed E-state index contributed by atoms with van der Waals surface area (Å²) in [5.74, 6) is -0.645. The van der Waals surface area contributed by atoms with Gasteiger partial charge in [0.15, 0.2) is 9.84 Å². The summed E-state index contributed by atoms with van der Waals surface area (Å²) < 4.78 is 36.9. The van der Waals surface area contributed by atoms with E-state index in [0.717, 1.165) is 12.1 Å². The van der Waals surface area contributed by atoms with Crippen LogP contribution in [-0.2, 0) is 9.84 Å². The van der Waals surface area contributed by atoms with Crippen molar-refractivity contribution in [1.82, 2.24) is 5.32 Å². The lowest BCUT2D eigenvalue weighted by atomic mass is 10.3. The molecule has 96 valence electrons. The predicted octanol–water partition coefficient (Wildman–Crippen LogP) is 2.25. The molecule has 17 heavy (non-hydrogen) atoms. The van der Waals surface area contributed by atoms with Gasteiger partial charge in [-0.1, -0.05) is 18.5 Å². The molecule has 0 spiro atoms. The molecular formula is C11H15ClFNO2S. The van der Waals surface area contributed by atoms with Gasteiger partial charge < -0.3 is 5.32 Å². The van der Waals surface area contributed by atoms with E-state index in [1.165, 1.54) is 6.07 Å². The van der Waals surface area contributed by atoms with Gasteiger partial charge in [0.2, 0.25) is 0 Å². The van der Waals surface area contributed by atoms with Crippen molar-refractivity contribution < 1.29 is 12.8 Å². The number of hydrogen-bond donors (Lipinski definition) is 1. The van der Waals surface area contributed by atoms with Gasteiger partial charge >= 0.3 is 0 Å². The zero-order valence-corrected chi connectivity index (χ0v) is 11.3. The van der Waals surface area contributed by atoms with Gasteiger partial charge in [0, 0.05) is 6.04 Å². The highest BCUT2D eigenvalue weighted by atomic mass is 35.5. The molecular weight excluding hydrogens is 265 g/mol. The van der Waals surface area contributed by atoms with Crippen LogP contribution in [0.4, 0.5) is 4.39 Å². The first kappa shape index (κ1) is 14.4. The summed E-state index contributed by atoms with van der Waals surface area (Å²) in [5.41, 5.74) is 0. The van der Waals surface area contributed by atoms with Gasteiger partial charge in [-0.2, -0.15) is 0 Å². The zero-order chi connectivity index (χ0) is 13.1. The summed E-state index contributed by atoms with van der Waals surface area (Å²) in [6.45, 7) is 1.90. The van der Waals surface area contributed by atoms with Crippen molar-refractivity contribution in [2.75, 3.05) is 12.8 Å². The van der Waals surface area contributed by atoms with Crippen molar-refractivity contribution in [2.24, 2.45) is 0 Å². The van der Waals surface area contributed by atoms with Crippen LogP contribution in [0.5, 0.6) is 0 Å². The topological polar surface area (TPSA) is 46.2 Å². The Kier molecular flexibility index (Phi) is 4.91. The van der Waals surface area contributed by atoms with Crippen molar-refractivity contribution in [3.05, 3.63) is 29.0 Å². The summed E-state index contributed by atoms with van der Waals surface area (Å²) in [6.07, 6.45) is 0.699. The summed E-state index contributed by atoms with van der Waals surface area (Å²) in [6, 6.07) is 3.33. The van der Waals surface area contributed by atoms with Crippen LogP contribution in [-0.4, -0.2) is 27.3 Å². The molecule has 0 amide bonds. The Morgan fingerprint density at radius 2 is 2.12 bits per heavy atom. The molecule has 0 radical (unpaired) electrons. The lowest BCUT2D eigenvalue weighted by Gasteiger charge is -2.14. The van der Waals surface area contributed by atoms with Gasteiger partial charge in [0.1, 0.15) is 5.82 Å². The Bertz CT molecular complexity index is 486. The Morgan fingerprint density at radius 1 is 1.47 bits per heavy atom. The van der Waals surface area contributed by atoms with Crippen LogP contribution in [0.3, 0.4) is 0 Å². The fraction of sp³-hybridized carbons (Fsp3) is 0.455. The number of sulfone groups is 1. The lowest BCUT2D eigenvalue weighted by Crippen LogP contribution is -2.32. The van der Waals surface area contributed by atoms with E-state index in [1.807, 2.05) is 6.92 Å². The van der Waals surface area contributed by atoms with E-state index >= 15 is 0 Å². The van der Waals surface area contributed by atoms with Crippen LogP contribution in [0.1, 0.15) is 13.3 Å². The largest absolute Gasteiger partial charge is 0.316 e. The molecule has 0 aromatic heterocycles. The van der Waals surface area contributed by atoms with Gasteiger partial charge in [-0.05, 0) is 31.7 Å². The summed E-state index contributed by atoms with van der Waals surface area (Å²) in [5, 5.41) is 2.74. The number of halogens is 2. The molecule has 0 bridgehead atoms. The molecule has 1 atom stereocenters. The number of benzene rings is 1. The summed E-state index contributed by atoms with van der Waals surface area (Å²) in [4.78, 5) is 0.0533. The second-order valence-corrected chi connectivity index (χ2v) is 6.19. The second kappa shape index (κ2) is 5.80. The Morgan fingerprint density at radius 3 is 2.59 bits per heavy atom. The minimum Gasteiger partial charge on any atom is -0.316 e. The van der Waals surface area contributed by atoms with Crippen LogP contribution >= 0.6 is 11.6 Å². The van der Waals surface area contributed by atoms with Crippen LogP contribution in [0, 0.1) is 5.82 Å². The van der Waals surface area contributed by atoms with E-state index in [0.29, 0.717) is 6.42 Å². The molecule has 0 saturated carbocycles. The van der Waals surface area contributed by atoms with E-state index < -0.39 is 15.7 Å². The molecule has 1 aromatic carbocycles. The average Bonchev–Trinajstić information content (AvgIpc) is 2.29. The molecule has 1 unspecified atom stereocenters. The third-order valence-corrected chi connectivity index (χ3v) is 4.67. The lowest BCUT2D eigenvalue weighted by molar-refractivity contribution is 0.555. The Balaban J connectivity index is 3.01. The van der Waals surface area contributed by atoms with Gasteiger partial charge in [0.25, 0.3) is 0 Å². The first-order valence-electron chi connectivity index (χ1n) is 5.25. The van der Waals surface area contributed by atoms with Crippen molar-refractivity contribution in [1.29, 1.82) is 0 Å². The first-order valence-corrected chi connectivity index (χ1v) is 7.28. The SMILES string of the molecule is CCC(CS(=O)(=O)c1ccc(F)c(Cl)c1)NC. The van der Waals surface area contributed by atoms with Crippen molar-refractivity contribution in [2.45, 2.75) is 24.3 Å². The van der Waals surface area contributed by atoms with E-state index in [1.54, 1.807) is 7.05 Å². The maximum absolute atomic E-state index is 12.9. The highest BCUT2D eigenvalue weighted by Gasteiger charge is 2.20. The molecule has 6 heteroatoms. The maximum atomic E-state index is 12.9.